The molecule has 1 saturated heterocycles. The average Bonchev–Trinajstić information content (AvgIpc) is 3.17. The van der Waals surface area contributed by atoms with Crippen molar-refractivity contribution in [2.75, 3.05) is 13.1 Å². The van der Waals surface area contributed by atoms with Crippen LogP contribution in [0.15, 0.2) is 17.0 Å². The molecule has 7 heteroatoms. The van der Waals surface area contributed by atoms with Gasteiger partial charge in [0.25, 0.3) is 5.19 Å². The van der Waals surface area contributed by atoms with Crippen LogP contribution in [-0.2, 0) is 11.2 Å². The fourth-order valence-electron chi connectivity index (χ4n) is 2.62. The predicted octanol–water partition coefficient (Wildman–Crippen LogP) is 2.91. The first kappa shape index (κ1) is 15.4. The third-order valence-electron chi connectivity index (χ3n) is 3.94. The molecule has 3 heterocycles. The smallest absolute Gasteiger partial charge is 0.294 e. The summed E-state index contributed by atoms with van der Waals surface area (Å²) in [5, 5.41) is 10.4. The maximum absolute atomic E-state index is 12.3. The van der Waals surface area contributed by atoms with Gasteiger partial charge in [0.15, 0.2) is 0 Å². The minimum Gasteiger partial charge on any atom is -0.465 e. The average molecular weight is 337 g/mol. The number of hydrogen-bond acceptors (Lipinski definition) is 6. The minimum absolute atomic E-state index is 0.150. The Kier molecular flexibility index (Phi) is 5.04. The highest BCUT2D eigenvalue weighted by Crippen LogP contribution is 2.21. The molecule has 0 spiro atoms. The fourth-order valence-corrected chi connectivity index (χ4v) is 4.00. The molecule has 0 radical (unpaired) electrons. The quantitative estimate of drug-likeness (QED) is 0.842. The van der Waals surface area contributed by atoms with Gasteiger partial charge in [-0.05, 0) is 30.4 Å². The predicted molar refractivity (Wildman–Crippen MR) is 87.5 cm³/mol. The van der Waals surface area contributed by atoms with Crippen molar-refractivity contribution >= 4 is 28.6 Å². The van der Waals surface area contributed by atoms with Crippen molar-refractivity contribution in [1.29, 1.82) is 0 Å². The second kappa shape index (κ2) is 7.19. The summed E-state index contributed by atoms with van der Waals surface area (Å²) in [6, 6.07) is 2.11. The van der Waals surface area contributed by atoms with Crippen LogP contribution in [0.1, 0.15) is 29.7 Å². The second-order valence-corrected chi connectivity index (χ2v) is 7.23. The molecule has 0 unspecified atom stereocenters. The van der Waals surface area contributed by atoms with E-state index in [0.717, 1.165) is 32.4 Å². The Bertz CT molecular complexity index is 604. The first-order valence-electron chi connectivity index (χ1n) is 7.46. The molecule has 0 N–H and O–H groups in total. The topological polar surface area (TPSA) is 55.3 Å². The normalized spacial score (nSPS) is 16.0. The summed E-state index contributed by atoms with van der Waals surface area (Å²) in [5.74, 6) is 0.252. The molecule has 0 saturated carbocycles. The molecule has 0 bridgehead atoms. The highest BCUT2D eigenvalue weighted by atomic mass is 32.1. The van der Waals surface area contributed by atoms with E-state index in [4.69, 9.17) is 4.74 Å². The zero-order chi connectivity index (χ0) is 15.4. The Morgan fingerprint density at radius 2 is 2.23 bits per heavy atom. The lowest BCUT2D eigenvalue weighted by Gasteiger charge is -2.31. The molecule has 22 heavy (non-hydrogen) atoms. The molecule has 1 amide bonds. The number of likely N-dealkylation sites (tertiary alicyclic amines) is 1. The molecule has 5 nitrogen and oxygen atoms in total. The largest absolute Gasteiger partial charge is 0.465 e. The standard InChI is InChI=1S/C15H19N3O2S2/c1-11-6-9-21-13(11)2-3-14(19)18-7-4-12(5-8-18)20-15-17-16-10-22-15/h6,9-10,12H,2-5,7-8H2,1H3. The summed E-state index contributed by atoms with van der Waals surface area (Å²) in [6.45, 7) is 3.64. The highest BCUT2D eigenvalue weighted by Gasteiger charge is 2.24. The van der Waals surface area contributed by atoms with E-state index in [1.54, 1.807) is 16.8 Å². The maximum atomic E-state index is 12.3. The van der Waals surface area contributed by atoms with Crippen molar-refractivity contribution in [2.24, 2.45) is 0 Å². The number of piperidine rings is 1. The number of rotatable bonds is 5. The highest BCUT2D eigenvalue weighted by molar-refractivity contribution is 7.11. The van der Waals surface area contributed by atoms with Gasteiger partial charge in [0.05, 0.1) is 0 Å². The van der Waals surface area contributed by atoms with Gasteiger partial charge in [0, 0.05) is 37.2 Å². The summed E-state index contributed by atoms with van der Waals surface area (Å²) in [7, 11) is 0. The van der Waals surface area contributed by atoms with Crippen molar-refractivity contribution in [3.8, 4) is 5.19 Å². The van der Waals surface area contributed by atoms with Gasteiger partial charge in [-0.15, -0.1) is 21.5 Å². The fraction of sp³-hybridized carbons (Fsp3) is 0.533. The van der Waals surface area contributed by atoms with Crippen LogP contribution >= 0.6 is 22.7 Å². The molecule has 0 aliphatic carbocycles. The van der Waals surface area contributed by atoms with E-state index < -0.39 is 0 Å². The van der Waals surface area contributed by atoms with Crippen LogP contribution in [0.25, 0.3) is 0 Å². The third kappa shape index (κ3) is 3.84. The van der Waals surface area contributed by atoms with E-state index in [-0.39, 0.29) is 12.0 Å². The van der Waals surface area contributed by atoms with Gasteiger partial charge in [0.1, 0.15) is 11.6 Å². The van der Waals surface area contributed by atoms with E-state index in [0.29, 0.717) is 11.6 Å². The van der Waals surface area contributed by atoms with Crippen molar-refractivity contribution in [2.45, 2.75) is 38.7 Å². The molecule has 118 valence electrons. The van der Waals surface area contributed by atoms with Crippen molar-refractivity contribution in [3.05, 3.63) is 27.4 Å². The molecule has 1 aliphatic heterocycles. The van der Waals surface area contributed by atoms with Gasteiger partial charge >= 0.3 is 0 Å². The van der Waals surface area contributed by atoms with Crippen LogP contribution in [0.2, 0.25) is 0 Å². The summed E-state index contributed by atoms with van der Waals surface area (Å²) >= 11 is 3.15. The van der Waals surface area contributed by atoms with E-state index in [1.807, 2.05) is 4.90 Å². The molecule has 2 aromatic rings. The Morgan fingerprint density at radius 1 is 1.41 bits per heavy atom. The summed E-state index contributed by atoms with van der Waals surface area (Å²) in [4.78, 5) is 15.6. The second-order valence-electron chi connectivity index (χ2n) is 5.43. The van der Waals surface area contributed by atoms with Gasteiger partial charge in [-0.3, -0.25) is 4.79 Å². The van der Waals surface area contributed by atoms with Gasteiger partial charge in [-0.25, -0.2) is 0 Å². The summed E-state index contributed by atoms with van der Waals surface area (Å²) in [6.07, 6.45) is 3.33. The van der Waals surface area contributed by atoms with Crippen LogP contribution in [0.5, 0.6) is 5.19 Å². The van der Waals surface area contributed by atoms with Gasteiger partial charge < -0.3 is 9.64 Å². The number of aryl methyl sites for hydroxylation is 2. The van der Waals surface area contributed by atoms with Gasteiger partial charge in [-0.1, -0.05) is 11.3 Å². The Morgan fingerprint density at radius 3 is 2.86 bits per heavy atom. The van der Waals surface area contributed by atoms with Crippen LogP contribution in [0.3, 0.4) is 0 Å². The Hall–Kier alpha value is -1.47. The third-order valence-corrected chi connectivity index (χ3v) is 5.60. The van der Waals surface area contributed by atoms with E-state index in [9.17, 15) is 4.79 Å². The number of nitrogens with zero attached hydrogens (tertiary/aromatic N) is 3. The molecular formula is C15H19N3O2S2. The first-order chi connectivity index (χ1) is 10.7. The van der Waals surface area contributed by atoms with Crippen molar-refractivity contribution in [1.82, 2.24) is 15.1 Å². The molecule has 0 aromatic carbocycles. The van der Waals surface area contributed by atoms with Gasteiger partial charge in [0.2, 0.25) is 5.91 Å². The number of thiophene rings is 1. The molecular weight excluding hydrogens is 318 g/mol. The number of amides is 1. The molecule has 1 fully saturated rings. The zero-order valence-electron chi connectivity index (χ0n) is 12.5. The van der Waals surface area contributed by atoms with Gasteiger partial charge in [-0.2, -0.15) is 0 Å². The lowest BCUT2D eigenvalue weighted by molar-refractivity contribution is -0.132. The zero-order valence-corrected chi connectivity index (χ0v) is 14.2. The number of aromatic nitrogens is 2. The maximum Gasteiger partial charge on any atom is 0.294 e. The Labute approximate surface area is 137 Å². The first-order valence-corrected chi connectivity index (χ1v) is 9.22. The van der Waals surface area contributed by atoms with Crippen LogP contribution < -0.4 is 4.74 Å². The number of carbonyl (C=O) groups excluding carboxylic acids is 1. The minimum atomic E-state index is 0.150. The van der Waals surface area contributed by atoms with Crippen LogP contribution in [0.4, 0.5) is 0 Å². The summed E-state index contributed by atoms with van der Waals surface area (Å²) in [5.41, 5.74) is 2.96. The Balaban J connectivity index is 1.42. The van der Waals surface area contributed by atoms with E-state index in [2.05, 4.69) is 28.6 Å². The summed E-state index contributed by atoms with van der Waals surface area (Å²) < 4.78 is 5.77. The molecule has 2 aromatic heterocycles. The number of hydrogen-bond donors (Lipinski definition) is 0. The monoisotopic (exact) mass is 337 g/mol. The number of ether oxygens (including phenoxy) is 1. The molecule has 3 rings (SSSR count). The van der Waals surface area contributed by atoms with Crippen molar-refractivity contribution in [3.63, 3.8) is 0 Å². The lowest BCUT2D eigenvalue weighted by Crippen LogP contribution is -2.41. The SMILES string of the molecule is Cc1ccsc1CCC(=O)N1CCC(Oc2nncs2)CC1. The van der Waals surface area contributed by atoms with Crippen molar-refractivity contribution < 1.29 is 9.53 Å². The van der Waals surface area contributed by atoms with E-state index >= 15 is 0 Å². The molecule has 1 aliphatic rings. The van der Waals surface area contributed by atoms with Crippen LogP contribution in [0, 0.1) is 6.92 Å². The van der Waals surface area contributed by atoms with E-state index in [1.165, 1.54) is 21.8 Å². The van der Waals surface area contributed by atoms with Crippen LogP contribution in [-0.4, -0.2) is 40.2 Å². The lowest BCUT2D eigenvalue weighted by atomic mass is 10.1. The number of carbonyl (C=O) groups is 1. The molecule has 0 atom stereocenters.